The Hall–Kier alpha value is -1.31. The topological polar surface area (TPSA) is 15.6 Å². The van der Waals surface area contributed by atoms with Crippen molar-refractivity contribution in [3.8, 4) is 0 Å². The van der Waals surface area contributed by atoms with Crippen molar-refractivity contribution in [2.45, 2.75) is 39.7 Å². The smallest absolute Gasteiger partial charge is 0.0531 e. The summed E-state index contributed by atoms with van der Waals surface area (Å²) in [5, 5.41) is 0. The normalized spacial score (nSPS) is 33.8. The summed E-state index contributed by atoms with van der Waals surface area (Å²) >= 11 is 0. The third-order valence-electron chi connectivity index (χ3n) is 6.14. The predicted molar refractivity (Wildman–Crippen MR) is 91.3 cm³/mol. The first-order valence-electron chi connectivity index (χ1n) is 8.20. The Bertz CT molecular complexity index is 527. The molecule has 3 saturated carbocycles. The van der Waals surface area contributed by atoms with Gasteiger partial charge in [0, 0.05) is 26.0 Å². The Morgan fingerprint density at radius 1 is 1.14 bits per heavy atom. The first kappa shape index (κ1) is 14.6. The molecule has 3 aliphatic rings. The van der Waals surface area contributed by atoms with Crippen molar-refractivity contribution < 1.29 is 0 Å². The summed E-state index contributed by atoms with van der Waals surface area (Å²) in [6.07, 6.45) is 4.78. The minimum absolute atomic E-state index is 0.523. The molecule has 0 aliphatic heterocycles. The lowest BCUT2D eigenvalue weighted by Crippen LogP contribution is -2.56. The molecule has 3 fully saturated rings. The van der Waals surface area contributed by atoms with Gasteiger partial charge >= 0.3 is 0 Å². The first-order valence-corrected chi connectivity index (χ1v) is 8.20. The van der Waals surface area contributed by atoms with E-state index in [1.165, 1.54) is 24.1 Å². The molecule has 21 heavy (non-hydrogen) atoms. The fourth-order valence-electron chi connectivity index (χ4n) is 4.36. The van der Waals surface area contributed by atoms with Crippen LogP contribution in [0.25, 0.3) is 0 Å². The number of rotatable bonds is 3. The van der Waals surface area contributed by atoms with Crippen LogP contribution in [0.4, 0.5) is 5.69 Å². The molecule has 1 aromatic rings. The van der Waals surface area contributed by atoms with Crippen molar-refractivity contribution >= 4 is 11.9 Å². The van der Waals surface area contributed by atoms with Gasteiger partial charge in [-0.1, -0.05) is 32.9 Å². The largest absolute Gasteiger partial charge is 0.378 e. The van der Waals surface area contributed by atoms with Gasteiger partial charge in [-0.2, -0.15) is 0 Å². The molecule has 0 aromatic heterocycles. The molecule has 1 aromatic carbocycles. The van der Waals surface area contributed by atoms with Crippen LogP contribution in [0.1, 0.15) is 39.2 Å². The van der Waals surface area contributed by atoms with Crippen molar-refractivity contribution in [1.82, 2.24) is 0 Å². The summed E-state index contributed by atoms with van der Waals surface area (Å²) in [6.45, 7) is 7.30. The van der Waals surface area contributed by atoms with Crippen molar-refractivity contribution in [2.75, 3.05) is 19.0 Å². The Labute approximate surface area is 129 Å². The van der Waals surface area contributed by atoms with E-state index < -0.39 is 0 Å². The zero-order chi connectivity index (χ0) is 15.2. The number of hydrogen-bond donors (Lipinski definition) is 0. The summed E-state index contributed by atoms with van der Waals surface area (Å²) < 4.78 is 0. The molecule has 0 unspecified atom stereocenters. The summed E-state index contributed by atoms with van der Waals surface area (Å²) in [4.78, 5) is 7.04. The molecule has 4 atom stereocenters. The van der Waals surface area contributed by atoms with Gasteiger partial charge in [-0.25, -0.2) is 0 Å². The molecule has 0 heterocycles. The third kappa shape index (κ3) is 2.49. The number of aliphatic imine (C=N–C) groups is 1. The number of anilines is 1. The average Bonchev–Trinajstić information content (AvgIpc) is 2.46. The fourth-order valence-corrected chi connectivity index (χ4v) is 4.36. The lowest BCUT2D eigenvalue weighted by atomic mass is 9.45. The SMILES string of the molecule is C[C@@H]1[C@H]2C[C@@H](C[C@H]1N=Cc1ccc(N(C)C)cc1)C2(C)C. The molecule has 0 saturated heterocycles. The van der Waals surface area contributed by atoms with Crippen LogP contribution in [0.3, 0.4) is 0 Å². The lowest BCUT2D eigenvalue weighted by molar-refractivity contribution is -0.108. The highest BCUT2D eigenvalue weighted by Crippen LogP contribution is 2.61. The number of benzene rings is 1. The van der Waals surface area contributed by atoms with Gasteiger partial charge in [-0.05, 0) is 53.7 Å². The maximum absolute atomic E-state index is 4.92. The van der Waals surface area contributed by atoms with Gasteiger partial charge < -0.3 is 4.90 Å². The standard InChI is InChI=1S/C19H28N2/c1-13-17-10-15(19(17,2)3)11-18(13)20-12-14-6-8-16(9-7-14)21(4)5/h6-9,12-13,15,17-18H,10-11H2,1-5H3/t13-,15+,17-,18-/m1/s1. The zero-order valence-corrected chi connectivity index (χ0v) is 14.0. The van der Waals surface area contributed by atoms with E-state index in [0.29, 0.717) is 11.5 Å². The molecule has 2 bridgehead atoms. The predicted octanol–water partition coefficient (Wildman–Crippen LogP) is 4.24. The number of nitrogens with zero attached hydrogens (tertiary/aromatic N) is 2. The van der Waals surface area contributed by atoms with Gasteiger partial charge in [0.15, 0.2) is 0 Å². The summed E-state index contributed by atoms with van der Waals surface area (Å²) in [5.74, 6) is 2.48. The molecular weight excluding hydrogens is 256 g/mol. The minimum Gasteiger partial charge on any atom is -0.378 e. The van der Waals surface area contributed by atoms with Crippen LogP contribution in [0.2, 0.25) is 0 Å². The van der Waals surface area contributed by atoms with E-state index in [0.717, 1.165) is 17.8 Å². The second kappa shape index (κ2) is 5.15. The van der Waals surface area contributed by atoms with E-state index in [2.05, 4.69) is 70.2 Å². The Morgan fingerprint density at radius 3 is 2.33 bits per heavy atom. The van der Waals surface area contributed by atoms with Gasteiger partial charge in [0.05, 0.1) is 6.04 Å². The van der Waals surface area contributed by atoms with E-state index in [1.54, 1.807) is 0 Å². The van der Waals surface area contributed by atoms with Gasteiger partial charge in [0.25, 0.3) is 0 Å². The minimum atomic E-state index is 0.523. The van der Waals surface area contributed by atoms with Crippen LogP contribution in [-0.2, 0) is 0 Å². The van der Waals surface area contributed by atoms with Crippen LogP contribution in [-0.4, -0.2) is 26.4 Å². The highest BCUT2D eigenvalue weighted by Gasteiger charge is 2.56. The molecule has 114 valence electrons. The third-order valence-corrected chi connectivity index (χ3v) is 6.14. The van der Waals surface area contributed by atoms with E-state index >= 15 is 0 Å². The second-order valence-electron chi connectivity index (χ2n) is 7.79. The molecule has 2 heteroatoms. The molecule has 2 nitrogen and oxygen atoms in total. The summed E-state index contributed by atoms with van der Waals surface area (Å²) in [7, 11) is 4.14. The van der Waals surface area contributed by atoms with Crippen LogP contribution >= 0.6 is 0 Å². The highest BCUT2D eigenvalue weighted by molar-refractivity contribution is 5.80. The van der Waals surface area contributed by atoms with E-state index in [4.69, 9.17) is 4.99 Å². The second-order valence-corrected chi connectivity index (χ2v) is 7.79. The highest BCUT2D eigenvalue weighted by atomic mass is 15.1. The van der Waals surface area contributed by atoms with Crippen molar-refractivity contribution in [1.29, 1.82) is 0 Å². The average molecular weight is 284 g/mol. The monoisotopic (exact) mass is 284 g/mol. The Balaban J connectivity index is 1.67. The maximum atomic E-state index is 4.92. The number of hydrogen-bond acceptors (Lipinski definition) is 2. The molecule has 4 rings (SSSR count). The first-order chi connectivity index (χ1) is 9.89. The van der Waals surface area contributed by atoms with Crippen LogP contribution in [0.15, 0.2) is 29.3 Å². The van der Waals surface area contributed by atoms with Crippen LogP contribution < -0.4 is 4.90 Å². The molecule has 3 aliphatic carbocycles. The van der Waals surface area contributed by atoms with E-state index in [1.807, 2.05) is 0 Å². The van der Waals surface area contributed by atoms with Crippen molar-refractivity contribution in [3.63, 3.8) is 0 Å². The molecule has 0 radical (unpaired) electrons. The van der Waals surface area contributed by atoms with E-state index in [9.17, 15) is 0 Å². The van der Waals surface area contributed by atoms with Gasteiger partial charge in [0.1, 0.15) is 0 Å². The van der Waals surface area contributed by atoms with Crippen LogP contribution in [0.5, 0.6) is 0 Å². The molecular formula is C19H28N2. The molecule has 0 N–H and O–H groups in total. The summed E-state index contributed by atoms with van der Waals surface area (Å²) in [5.41, 5.74) is 3.01. The summed E-state index contributed by atoms with van der Waals surface area (Å²) in [6, 6.07) is 9.17. The number of fused-ring (bicyclic) bond motifs is 2. The quantitative estimate of drug-likeness (QED) is 0.758. The van der Waals surface area contributed by atoms with Gasteiger partial charge in [0.2, 0.25) is 0 Å². The van der Waals surface area contributed by atoms with Crippen LogP contribution in [0, 0.1) is 23.2 Å². The van der Waals surface area contributed by atoms with Gasteiger partial charge in [-0.3, -0.25) is 4.99 Å². The van der Waals surface area contributed by atoms with Gasteiger partial charge in [-0.15, -0.1) is 0 Å². The van der Waals surface area contributed by atoms with Crippen molar-refractivity contribution in [3.05, 3.63) is 29.8 Å². The van der Waals surface area contributed by atoms with Crippen molar-refractivity contribution in [2.24, 2.45) is 28.2 Å². The molecule has 0 amide bonds. The van der Waals surface area contributed by atoms with E-state index in [-0.39, 0.29) is 0 Å². The Kier molecular flexibility index (Phi) is 3.59. The Morgan fingerprint density at radius 2 is 1.81 bits per heavy atom. The maximum Gasteiger partial charge on any atom is 0.0531 e. The lowest BCUT2D eigenvalue weighted by Gasteiger charge is -2.61. The molecule has 0 spiro atoms. The zero-order valence-electron chi connectivity index (χ0n) is 14.0. The fraction of sp³-hybridized carbons (Fsp3) is 0.632.